The summed E-state index contributed by atoms with van der Waals surface area (Å²) in [6.45, 7) is 0. The predicted molar refractivity (Wildman–Crippen MR) is 95.9 cm³/mol. The number of rotatable bonds is 2. The first-order chi connectivity index (χ1) is 12.1. The summed E-state index contributed by atoms with van der Waals surface area (Å²) in [7, 11) is 0. The van der Waals surface area contributed by atoms with Gasteiger partial charge in [0, 0.05) is 5.39 Å². The molecule has 2 aromatic carbocycles. The number of para-hydroxylation sites is 1. The van der Waals surface area contributed by atoms with E-state index in [0.29, 0.717) is 22.9 Å². The van der Waals surface area contributed by atoms with Gasteiger partial charge < -0.3 is 5.11 Å². The maximum atomic E-state index is 13.5. The fourth-order valence-electron chi connectivity index (χ4n) is 3.52. The van der Waals surface area contributed by atoms with Crippen molar-refractivity contribution >= 4 is 28.5 Å². The summed E-state index contributed by atoms with van der Waals surface area (Å²) in [5.74, 6) is -1.22. The lowest BCUT2D eigenvalue weighted by atomic mass is 9.86. The Labute approximate surface area is 144 Å². The average Bonchev–Trinajstić information content (AvgIpc) is 2.60. The van der Waals surface area contributed by atoms with Gasteiger partial charge in [0.25, 0.3) is 0 Å². The molecule has 1 aliphatic rings. The summed E-state index contributed by atoms with van der Waals surface area (Å²) in [6, 6.07) is 13.7. The van der Waals surface area contributed by atoms with Gasteiger partial charge in [-0.25, -0.2) is 14.2 Å². The lowest BCUT2D eigenvalue weighted by Crippen LogP contribution is -2.13. The molecule has 0 unspecified atom stereocenters. The predicted octanol–water partition coefficient (Wildman–Crippen LogP) is 4.95. The number of fused-ring (bicyclic) bond motifs is 2. The molecule has 3 nitrogen and oxygen atoms in total. The second-order valence-corrected chi connectivity index (χ2v) is 6.21. The van der Waals surface area contributed by atoms with Gasteiger partial charge in [-0.3, -0.25) is 0 Å². The van der Waals surface area contributed by atoms with Crippen molar-refractivity contribution in [1.29, 1.82) is 0 Å². The fourth-order valence-corrected chi connectivity index (χ4v) is 3.52. The number of aromatic nitrogens is 1. The van der Waals surface area contributed by atoms with Gasteiger partial charge in [0.05, 0.1) is 16.8 Å². The zero-order valence-corrected chi connectivity index (χ0v) is 13.5. The van der Waals surface area contributed by atoms with Gasteiger partial charge in [-0.1, -0.05) is 30.3 Å². The monoisotopic (exact) mass is 333 g/mol. The van der Waals surface area contributed by atoms with E-state index in [-0.39, 0.29) is 5.82 Å². The molecule has 3 aromatic rings. The molecule has 0 atom stereocenters. The van der Waals surface area contributed by atoms with Crippen molar-refractivity contribution in [2.24, 2.45) is 0 Å². The molecule has 4 rings (SSSR count). The van der Waals surface area contributed by atoms with Crippen molar-refractivity contribution in [3.63, 3.8) is 0 Å². The van der Waals surface area contributed by atoms with Gasteiger partial charge in [0.2, 0.25) is 0 Å². The van der Waals surface area contributed by atoms with Crippen molar-refractivity contribution in [1.82, 2.24) is 4.98 Å². The number of benzene rings is 2. The lowest BCUT2D eigenvalue weighted by Gasteiger charge is -2.21. The minimum atomic E-state index is -0.929. The Kier molecular flexibility index (Phi) is 3.80. The Hall–Kier alpha value is -3.01. The van der Waals surface area contributed by atoms with Crippen LogP contribution in [0.3, 0.4) is 0 Å². The van der Waals surface area contributed by atoms with Crippen LogP contribution >= 0.6 is 0 Å². The van der Waals surface area contributed by atoms with Crippen LogP contribution in [-0.4, -0.2) is 16.1 Å². The van der Waals surface area contributed by atoms with Crippen LogP contribution in [-0.2, 0) is 6.42 Å². The van der Waals surface area contributed by atoms with Crippen molar-refractivity contribution in [3.8, 4) is 0 Å². The summed E-state index contributed by atoms with van der Waals surface area (Å²) in [6.07, 6.45) is 4.26. The van der Waals surface area contributed by atoms with Gasteiger partial charge >= 0.3 is 5.97 Å². The van der Waals surface area contributed by atoms with E-state index in [0.717, 1.165) is 35.2 Å². The van der Waals surface area contributed by atoms with E-state index in [2.05, 4.69) is 0 Å². The largest absolute Gasteiger partial charge is 0.478 e. The number of pyridine rings is 1. The topological polar surface area (TPSA) is 50.2 Å². The molecule has 0 saturated carbocycles. The highest BCUT2D eigenvalue weighted by molar-refractivity contribution is 6.05. The van der Waals surface area contributed by atoms with E-state index in [1.807, 2.05) is 30.3 Å². The molecule has 0 radical (unpaired) electrons. The molecule has 1 heterocycles. The first kappa shape index (κ1) is 15.5. The summed E-state index contributed by atoms with van der Waals surface area (Å²) in [5, 5.41) is 10.4. The minimum Gasteiger partial charge on any atom is -0.478 e. The van der Waals surface area contributed by atoms with E-state index in [1.165, 1.54) is 12.1 Å². The molecule has 0 aliphatic heterocycles. The van der Waals surface area contributed by atoms with E-state index in [9.17, 15) is 14.3 Å². The molecule has 0 bridgehead atoms. The second-order valence-electron chi connectivity index (χ2n) is 6.21. The first-order valence-corrected chi connectivity index (χ1v) is 8.25. The number of nitrogens with zero attached hydrogens (tertiary/aromatic N) is 1. The average molecular weight is 333 g/mol. The van der Waals surface area contributed by atoms with Gasteiger partial charge in [0.1, 0.15) is 5.82 Å². The van der Waals surface area contributed by atoms with E-state index >= 15 is 0 Å². The molecule has 1 N–H and O–H groups in total. The third-order valence-electron chi connectivity index (χ3n) is 4.57. The van der Waals surface area contributed by atoms with E-state index in [1.54, 1.807) is 12.1 Å². The maximum absolute atomic E-state index is 13.5. The third-order valence-corrected chi connectivity index (χ3v) is 4.57. The molecule has 4 heteroatoms. The van der Waals surface area contributed by atoms with Crippen LogP contribution in [0.15, 0.2) is 48.5 Å². The standard InChI is InChI=1S/C21H16FNO2/c22-15-7-3-5-13(12-15)11-14-6-4-9-17-19(21(24)25)16-8-1-2-10-18(16)23-20(14)17/h1-3,5,7-8,10-12H,4,6,9H2,(H,24,25). The number of aromatic carboxylic acids is 1. The highest BCUT2D eigenvalue weighted by Crippen LogP contribution is 2.36. The van der Waals surface area contributed by atoms with E-state index < -0.39 is 5.97 Å². The fraction of sp³-hybridized carbons (Fsp3) is 0.143. The van der Waals surface area contributed by atoms with Crippen molar-refractivity contribution in [2.45, 2.75) is 19.3 Å². The molecule has 1 aromatic heterocycles. The molecule has 0 fully saturated rings. The summed E-state index contributed by atoms with van der Waals surface area (Å²) < 4.78 is 13.5. The third kappa shape index (κ3) is 2.80. The molecular formula is C21H16FNO2. The number of hydrogen-bond donors (Lipinski definition) is 1. The van der Waals surface area contributed by atoms with Crippen LogP contribution in [0.4, 0.5) is 4.39 Å². The number of carboxylic acids is 1. The minimum absolute atomic E-state index is 0.289. The van der Waals surface area contributed by atoms with Gasteiger partial charge in [0.15, 0.2) is 0 Å². The Morgan fingerprint density at radius 1 is 1.12 bits per heavy atom. The van der Waals surface area contributed by atoms with Gasteiger partial charge in [-0.2, -0.15) is 0 Å². The van der Waals surface area contributed by atoms with E-state index in [4.69, 9.17) is 4.98 Å². The van der Waals surface area contributed by atoms with Crippen LogP contribution in [0.5, 0.6) is 0 Å². The maximum Gasteiger partial charge on any atom is 0.336 e. The number of carboxylic acid groups (broad SMARTS) is 1. The van der Waals surface area contributed by atoms with Crippen LogP contribution in [0, 0.1) is 5.82 Å². The number of hydrogen-bond acceptors (Lipinski definition) is 2. The number of carbonyl (C=O) groups is 1. The van der Waals surface area contributed by atoms with Crippen LogP contribution < -0.4 is 0 Å². The molecule has 25 heavy (non-hydrogen) atoms. The molecule has 0 spiro atoms. The Balaban J connectivity index is 1.97. The summed E-state index contributed by atoms with van der Waals surface area (Å²) in [4.78, 5) is 16.6. The summed E-state index contributed by atoms with van der Waals surface area (Å²) >= 11 is 0. The van der Waals surface area contributed by atoms with Crippen molar-refractivity contribution < 1.29 is 14.3 Å². The SMILES string of the molecule is O=C(O)c1c2c(nc3ccccc13)C(=Cc1cccc(F)c1)CCC2. The summed E-state index contributed by atoms with van der Waals surface area (Å²) in [5.41, 5.74) is 4.23. The van der Waals surface area contributed by atoms with Crippen LogP contribution in [0.25, 0.3) is 22.6 Å². The zero-order valence-electron chi connectivity index (χ0n) is 13.5. The lowest BCUT2D eigenvalue weighted by molar-refractivity contribution is 0.0697. The Morgan fingerprint density at radius 2 is 1.96 bits per heavy atom. The normalized spacial score (nSPS) is 15.3. The molecule has 1 aliphatic carbocycles. The first-order valence-electron chi connectivity index (χ1n) is 8.25. The molecular weight excluding hydrogens is 317 g/mol. The second kappa shape index (κ2) is 6.13. The smallest absolute Gasteiger partial charge is 0.336 e. The van der Waals surface area contributed by atoms with Crippen LogP contribution in [0.1, 0.15) is 40.0 Å². The highest BCUT2D eigenvalue weighted by atomic mass is 19.1. The number of allylic oxidation sites excluding steroid dienone is 1. The molecule has 124 valence electrons. The highest BCUT2D eigenvalue weighted by Gasteiger charge is 2.24. The van der Waals surface area contributed by atoms with Crippen molar-refractivity contribution in [3.05, 3.63) is 76.7 Å². The van der Waals surface area contributed by atoms with Crippen molar-refractivity contribution in [2.75, 3.05) is 0 Å². The van der Waals surface area contributed by atoms with Crippen LogP contribution in [0.2, 0.25) is 0 Å². The van der Waals surface area contributed by atoms with Gasteiger partial charge in [-0.05, 0) is 60.2 Å². The number of halogens is 1. The quantitative estimate of drug-likeness (QED) is 0.722. The molecule has 0 saturated heterocycles. The Bertz CT molecular complexity index is 1020. The van der Waals surface area contributed by atoms with Gasteiger partial charge in [-0.15, -0.1) is 0 Å². The molecule has 0 amide bonds. The Morgan fingerprint density at radius 3 is 2.76 bits per heavy atom. The zero-order chi connectivity index (χ0) is 17.4.